The van der Waals surface area contributed by atoms with Crippen LogP contribution in [0.5, 0.6) is 0 Å². The molecule has 3 rings (SSSR count). The molecule has 2 N–H and O–H groups in total. The molecule has 1 aromatic rings. The van der Waals surface area contributed by atoms with Crippen LogP contribution in [-0.4, -0.2) is 58.2 Å². The molecule has 3 amide bonds. The number of nitrogens with one attached hydrogen (secondary N) is 2. The van der Waals surface area contributed by atoms with Gasteiger partial charge in [-0.05, 0) is 12.8 Å². The van der Waals surface area contributed by atoms with E-state index in [9.17, 15) is 14.4 Å². The van der Waals surface area contributed by atoms with Gasteiger partial charge in [0.2, 0.25) is 16.9 Å². The average molecular weight is 339 g/mol. The molecular weight excluding hydrogens is 322 g/mol. The first kappa shape index (κ1) is 15.7. The Bertz CT molecular complexity index is 608. The van der Waals surface area contributed by atoms with Crippen molar-refractivity contribution >= 4 is 34.4 Å². The number of hydrogen-bond donors (Lipinski definition) is 2. The third-order valence-electron chi connectivity index (χ3n) is 3.93. The van der Waals surface area contributed by atoms with Crippen molar-refractivity contribution in [3.05, 3.63) is 5.51 Å². The van der Waals surface area contributed by atoms with Crippen molar-refractivity contribution in [2.24, 2.45) is 0 Å². The van der Waals surface area contributed by atoms with Crippen LogP contribution in [0.2, 0.25) is 0 Å². The highest BCUT2D eigenvalue weighted by Gasteiger charge is 2.44. The van der Waals surface area contributed by atoms with Crippen LogP contribution in [0.15, 0.2) is 5.51 Å². The van der Waals surface area contributed by atoms with Crippen molar-refractivity contribution in [2.45, 2.75) is 31.3 Å². The van der Waals surface area contributed by atoms with Crippen molar-refractivity contribution in [1.29, 1.82) is 0 Å². The van der Waals surface area contributed by atoms with Crippen molar-refractivity contribution in [3.8, 4) is 0 Å². The molecule has 3 heterocycles. The normalized spacial score (nSPS) is 23.5. The smallest absolute Gasteiger partial charge is 0.407 e. The van der Waals surface area contributed by atoms with Crippen molar-refractivity contribution in [1.82, 2.24) is 20.4 Å². The van der Waals surface area contributed by atoms with E-state index in [1.165, 1.54) is 16.8 Å². The Labute approximate surface area is 136 Å². The second-order valence-electron chi connectivity index (χ2n) is 5.64. The van der Waals surface area contributed by atoms with Crippen LogP contribution in [0, 0.1) is 0 Å². The summed E-state index contributed by atoms with van der Waals surface area (Å²) in [6, 6.07) is 0. The van der Waals surface area contributed by atoms with Gasteiger partial charge in [0.1, 0.15) is 11.1 Å². The molecule has 1 atom stereocenters. The van der Waals surface area contributed by atoms with E-state index in [1.54, 1.807) is 4.90 Å². The van der Waals surface area contributed by atoms with Gasteiger partial charge in [0.15, 0.2) is 0 Å². The Morgan fingerprint density at radius 2 is 2.35 bits per heavy atom. The van der Waals surface area contributed by atoms with E-state index in [2.05, 4.69) is 20.8 Å². The number of hydrogen-bond acceptors (Lipinski definition) is 7. The lowest BCUT2D eigenvalue weighted by Gasteiger charge is -2.38. The molecule has 1 spiro atoms. The SMILES string of the molecule is O=C(CCC(=O)N1CCCC2(CNC(=O)O2)C1)Nc1nncs1. The molecule has 9 nitrogen and oxygen atoms in total. The van der Waals surface area contributed by atoms with E-state index in [4.69, 9.17) is 4.74 Å². The van der Waals surface area contributed by atoms with Crippen molar-refractivity contribution in [2.75, 3.05) is 25.0 Å². The summed E-state index contributed by atoms with van der Waals surface area (Å²) < 4.78 is 5.33. The number of carbonyl (C=O) groups is 3. The zero-order valence-electron chi connectivity index (χ0n) is 12.4. The van der Waals surface area contributed by atoms with Gasteiger partial charge in [0, 0.05) is 19.4 Å². The minimum Gasteiger partial charge on any atom is -0.439 e. The molecular formula is C13H17N5O4S. The van der Waals surface area contributed by atoms with Gasteiger partial charge in [0.25, 0.3) is 0 Å². The summed E-state index contributed by atoms with van der Waals surface area (Å²) >= 11 is 1.22. The van der Waals surface area contributed by atoms with E-state index in [1.807, 2.05) is 0 Å². The lowest BCUT2D eigenvalue weighted by Crippen LogP contribution is -2.52. The fourth-order valence-electron chi connectivity index (χ4n) is 2.83. The van der Waals surface area contributed by atoms with E-state index >= 15 is 0 Å². The monoisotopic (exact) mass is 339 g/mol. The predicted octanol–water partition coefficient (Wildman–Crippen LogP) is 0.358. The highest BCUT2D eigenvalue weighted by Crippen LogP contribution is 2.28. The number of ether oxygens (including phenoxy) is 1. The molecule has 2 aliphatic heterocycles. The fraction of sp³-hybridized carbons (Fsp3) is 0.615. The van der Waals surface area contributed by atoms with Crippen LogP contribution < -0.4 is 10.6 Å². The maximum atomic E-state index is 12.3. The molecule has 0 saturated carbocycles. The van der Waals surface area contributed by atoms with Crippen molar-refractivity contribution < 1.29 is 19.1 Å². The van der Waals surface area contributed by atoms with E-state index in [-0.39, 0.29) is 24.7 Å². The molecule has 0 aromatic carbocycles. The zero-order chi connectivity index (χ0) is 16.3. The van der Waals surface area contributed by atoms with E-state index < -0.39 is 11.7 Å². The van der Waals surface area contributed by atoms with Gasteiger partial charge in [-0.3, -0.25) is 9.59 Å². The first-order valence-electron chi connectivity index (χ1n) is 7.37. The summed E-state index contributed by atoms with van der Waals surface area (Å²) in [6.45, 7) is 1.42. The zero-order valence-corrected chi connectivity index (χ0v) is 13.2. The minimum atomic E-state index is -0.611. The Morgan fingerprint density at radius 3 is 3.04 bits per heavy atom. The third-order valence-corrected chi connectivity index (χ3v) is 4.54. The number of anilines is 1. The second-order valence-corrected chi connectivity index (χ2v) is 6.47. The molecule has 1 unspecified atom stereocenters. The van der Waals surface area contributed by atoms with Gasteiger partial charge in [-0.15, -0.1) is 10.2 Å². The molecule has 124 valence electrons. The Morgan fingerprint density at radius 1 is 1.48 bits per heavy atom. The molecule has 2 aliphatic rings. The molecule has 0 bridgehead atoms. The van der Waals surface area contributed by atoms with Crippen LogP contribution in [0.1, 0.15) is 25.7 Å². The third kappa shape index (κ3) is 3.76. The lowest BCUT2D eigenvalue weighted by molar-refractivity contribution is -0.138. The topological polar surface area (TPSA) is 114 Å². The molecule has 0 aliphatic carbocycles. The van der Waals surface area contributed by atoms with Crippen LogP contribution in [0.3, 0.4) is 0 Å². The average Bonchev–Trinajstić information content (AvgIpc) is 3.15. The van der Waals surface area contributed by atoms with E-state index in [0.717, 1.165) is 12.8 Å². The quantitative estimate of drug-likeness (QED) is 0.819. The summed E-state index contributed by atoms with van der Waals surface area (Å²) in [6.07, 6.45) is 1.28. The van der Waals surface area contributed by atoms with Crippen LogP contribution in [-0.2, 0) is 14.3 Å². The summed E-state index contributed by atoms with van der Waals surface area (Å²) in [4.78, 5) is 37.0. The molecule has 2 fully saturated rings. The van der Waals surface area contributed by atoms with Crippen LogP contribution >= 0.6 is 11.3 Å². The number of amides is 3. The molecule has 2 saturated heterocycles. The highest BCUT2D eigenvalue weighted by molar-refractivity contribution is 7.13. The minimum absolute atomic E-state index is 0.0833. The number of piperidine rings is 1. The highest BCUT2D eigenvalue weighted by atomic mass is 32.1. The molecule has 10 heteroatoms. The molecule has 0 radical (unpaired) electrons. The second kappa shape index (κ2) is 6.49. The van der Waals surface area contributed by atoms with Gasteiger partial charge in [-0.25, -0.2) is 4.79 Å². The number of likely N-dealkylation sites (tertiary alicyclic amines) is 1. The first-order valence-corrected chi connectivity index (χ1v) is 8.25. The molecule has 23 heavy (non-hydrogen) atoms. The number of aromatic nitrogens is 2. The van der Waals surface area contributed by atoms with Gasteiger partial charge < -0.3 is 20.3 Å². The number of carbonyl (C=O) groups excluding carboxylic acids is 3. The largest absolute Gasteiger partial charge is 0.439 e. The summed E-state index contributed by atoms with van der Waals surface area (Å²) in [5.74, 6) is -0.379. The Kier molecular flexibility index (Phi) is 4.42. The van der Waals surface area contributed by atoms with Gasteiger partial charge in [0.05, 0.1) is 13.1 Å². The number of alkyl carbamates (subject to hydrolysis) is 1. The van der Waals surface area contributed by atoms with Crippen LogP contribution in [0.4, 0.5) is 9.93 Å². The maximum absolute atomic E-state index is 12.3. The van der Waals surface area contributed by atoms with Gasteiger partial charge in [-0.1, -0.05) is 11.3 Å². The van der Waals surface area contributed by atoms with E-state index in [0.29, 0.717) is 24.8 Å². The Balaban J connectivity index is 1.48. The molecule has 1 aromatic heterocycles. The van der Waals surface area contributed by atoms with Gasteiger partial charge >= 0.3 is 6.09 Å². The lowest BCUT2D eigenvalue weighted by atomic mass is 9.93. The first-order chi connectivity index (χ1) is 11.1. The Hall–Kier alpha value is -2.23. The predicted molar refractivity (Wildman–Crippen MR) is 80.8 cm³/mol. The van der Waals surface area contributed by atoms with Gasteiger partial charge in [-0.2, -0.15) is 0 Å². The summed E-state index contributed by atoms with van der Waals surface area (Å²) in [7, 11) is 0. The maximum Gasteiger partial charge on any atom is 0.407 e. The fourth-order valence-corrected chi connectivity index (χ4v) is 3.29. The van der Waals surface area contributed by atoms with Crippen molar-refractivity contribution in [3.63, 3.8) is 0 Å². The number of rotatable bonds is 4. The summed E-state index contributed by atoms with van der Waals surface area (Å²) in [5.41, 5.74) is 0.907. The summed E-state index contributed by atoms with van der Waals surface area (Å²) in [5, 5.41) is 13.0. The number of nitrogens with zero attached hydrogens (tertiary/aromatic N) is 3. The standard InChI is InChI=1S/C13H17N5O4S/c19-9(16-11-17-15-8-23-11)2-3-10(20)18-5-1-4-13(7-18)6-14-12(21)22-13/h8H,1-7H2,(H,14,21)(H,16,17,19). The van der Waals surface area contributed by atoms with Crippen LogP contribution in [0.25, 0.3) is 0 Å².